The van der Waals surface area contributed by atoms with Gasteiger partial charge in [0, 0.05) is 34.5 Å². The van der Waals surface area contributed by atoms with Gasteiger partial charge in [-0.3, -0.25) is 23.7 Å². The fourth-order valence-electron chi connectivity index (χ4n) is 4.16. The lowest BCUT2D eigenvalue weighted by Crippen LogP contribution is -2.27. The van der Waals surface area contributed by atoms with Crippen LogP contribution in [0.2, 0.25) is 0 Å². The molecule has 0 saturated heterocycles. The van der Waals surface area contributed by atoms with E-state index >= 15 is 0 Å². The van der Waals surface area contributed by atoms with Gasteiger partial charge in [-0.05, 0) is 37.3 Å². The normalized spacial score (nSPS) is 13.1. The highest BCUT2D eigenvalue weighted by Crippen LogP contribution is 2.30. The topological polar surface area (TPSA) is 98.1 Å². The van der Waals surface area contributed by atoms with Gasteiger partial charge in [-0.2, -0.15) is 0 Å². The van der Waals surface area contributed by atoms with Gasteiger partial charge in [0.15, 0.2) is 16.7 Å². The summed E-state index contributed by atoms with van der Waals surface area (Å²) in [4.78, 5) is 56.4. The van der Waals surface area contributed by atoms with Crippen molar-refractivity contribution in [2.75, 3.05) is 5.32 Å². The predicted octanol–water partition coefficient (Wildman–Crippen LogP) is 4.48. The average molecular weight is 496 g/mol. The SMILES string of the molecule is C=CCn1c(SC(C)C(=O)Nc2ccc3c(c2)C(=O)c2ccccc2C3=O)nc2ccccc2c1=O. The first-order valence-electron chi connectivity index (χ1n) is 11.3. The highest BCUT2D eigenvalue weighted by Gasteiger charge is 2.29. The van der Waals surface area contributed by atoms with Gasteiger partial charge in [-0.25, -0.2) is 4.98 Å². The monoisotopic (exact) mass is 495 g/mol. The summed E-state index contributed by atoms with van der Waals surface area (Å²) in [7, 11) is 0. The molecule has 0 radical (unpaired) electrons. The minimum atomic E-state index is -0.608. The molecule has 1 aromatic heterocycles. The van der Waals surface area contributed by atoms with Crippen LogP contribution in [0.3, 0.4) is 0 Å². The van der Waals surface area contributed by atoms with Crippen LogP contribution in [0, 0.1) is 0 Å². The first kappa shape index (κ1) is 23.4. The molecule has 7 nitrogen and oxygen atoms in total. The zero-order valence-corrected chi connectivity index (χ0v) is 20.2. The lowest BCUT2D eigenvalue weighted by molar-refractivity contribution is -0.115. The highest BCUT2D eigenvalue weighted by molar-refractivity contribution is 8.00. The molecule has 8 heteroatoms. The maximum absolute atomic E-state index is 13.0. The van der Waals surface area contributed by atoms with E-state index in [-0.39, 0.29) is 35.1 Å². The lowest BCUT2D eigenvalue weighted by Gasteiger charge is -2.19. The van der Waals surface area contributed by atoms with Crippen molar-refractivity contribution in [3.63, 3.8) is 0 Å². The molecule has 36 heavy (non-hydrogen) atoms. The standard InChI is InChI=1S/C28H21N3O4S/c1-3-14-31-27(35)21-10-6-7-11-23(21)30-28(31)36-16(2)26(34)29-17-12-13-20-22(15-17)25(33)19-9-5-4-8-18(19)24(20)32/h3-13,15-16H,1,14H2,2H3,(H,29,34). The van der Waals surface area contributed by atoms with Gasteiger partial charge >= 0.3 is 0 Å². The van der Waals surface area contributed by atoms with E-state index in [9.17, 15) is 19.2 Å². The van der Waals surface area contributed by atoms with Crippen molar-refractivity contribution in [1.82, 2.24) is 9.55 Å². The van der Waals surface area contributed by atoms with E-state index in [1.165, 1.54) is 10.6 Å². The maximum atomic E-state index is 13.0. The van der Waals surface area contributed by atoms with E-state index in [4.69, 9.17) is 0 Å². The molecule has 178 valence electrons. The van der Waals surface area contributed by atoms with Crippen LogP contribution in [0.1, 0.15) is 38.8 Å². The molecule has 1 heterocycles. The minimum absolute atomic E-state index is 0.200. The summed E-state index contributed by atoms with van der Waals surface area (Å²) in [6.45, 7) is 5.69. The second-order valence-corrected chi connectivity index (χ2v) is 9.64. The fraction of sp³-hybridized carbons (Fsp3) is 0.107. The lowest BCUT2D eigenvalue weighted by atomic mass is 9.84. The highest BCUT2D eigenvalue weighted by atomic mass is 32.2. The molecule has 0 fully saturated rings. The molecule has 1 aliphatic rings. The average Bonchev–Trinajstić information content (AvgIpc) is 2.89. The molecule has 0 spiro atoms. The van der Waals surface area contributed by atoms with E-state index in [1.807, 2.05) is 0 Å². The zero-order chi connectivity index (χ0) is 25.4. The van der Waals surface area contributed by atoms with Crippen molar-refractivity contribution < 1.29 is 14.4 Å². The largest absolute Gasteiger partial charge is 0.325 e. The van der Waals surface area contributed by atoms with Crippen LogP contribution in [0.5, 0.6) is 0 Å². The third-order valence-corrected chi connectivity index (χ3v) is 7.07. The number of hydrogen-bond acceptors (Lipinski definition) is 6. The number of nitrogens with zero attached hydrogens (tertiary/aromatic N) is 2. The van der Waals surface area contributed by atoms with Crippen molar-refractivity contribution in [1.29, 1.82) is 0 Å². The van der Waals surface area contributed by atoms with Gasteiger partial charge in [0.1, 0.15) is 0 Å². The molecule has 0 aliphatic heterocycles. The van der Waals surface area contributed by atoms with Gasteiger partial charge < -0.3 is 5.32 Å². The van der Waals surface area contributed by atoms with Crippen LogP contribution in [-0.4, -0.2) is 32.3 Å². The molecule has 1 amide bonds. The Morgan fingerprint density at radius 3 is 2.33 bits per heavy atom. The van der Waals surface area contributed by atoms with Crippen molar-refractivity contribution in [3.8, 4) is 0 Å². The molecule has 3 aromatic carbocycles. The number of carbonyl (C=O) groups excluding carboxylic acids is 3. The van der Waals surface area contributed by atoms with E-state index in [2.05, 4.69) is 16.9 Å². The van der Waals surface area contributed by atoms with Crippen molar-refractivity contribution in [3.05, 3.63) is 112 Å². The van der Waals surface area contributed by atoms with E-state index in [0.29, 0.717) is 38.4 Å². The van der Waals surface area contributed by atoms with Crippen LogP contribution >= 0.6 is 11.8 Å². The van der Waals surface area contributed by atoms with Crippen LogP contribution in [0.15, 0.2) is 89.3 Å². The summed E-state index contributed by atoms with van der Waals surface area (Å²) in [5.41, 5.74) is 2.06. The van der Waals surface area contributed by atoms with Crippen LogP contribution in [-0.2, 0) is 11.3 Å². The van der Waals surface area contributed by atoms with Crippen LogP contribution in [0.25, 0.3) is 10.9 Å². The molecule has 0 bridgehead atoms. The summed E-state index contributed by atoms with van der Waals surface area (Å²) < 4.78 is 1.49. The number of fused-ring (bicyclic) bond motifs is 3. The molecule has 5 rings (SSSR count). The minimum Gasteiger partial charge on any atom is -0.325 e. The predicted molar refractivity (Wildman–Crippen MR) is 140 cm³/mol. The van der Waals surface area contributed by atoms with Gasteiger partial charge in [-0.15, -0.1) is 6.58 Å². The number of allylic oxidation sites excluding steroid dienone is 1. The number of nitrogens with one attached hydrogen (secondary N) is 1. The molecular weight excluding hydrogens is 474 g/mol. The number of thioether (sulfide) groups is 1. The summed E-state index contributed by atoms with van der Waals surface area (Å²) in [6.07, 6.45) is 1.61. The molecule has 1 N–H and O–H groups in total. The summed E-state index contributed by atoms with van der Waals surface area (Å²) in [5, 5.41) is 3.11. The van der Waals surface area contributed by atoms with E-state index in [0.717, 1.165) is 11.8 Å². The van der Waals surface area contributed by atoms with E-state index < -0.39 is 5.25 Å². The molecule has 1 unspecified atom stereocenters. The Labute approximate surface area is 210 Å². The Morgan fingerprint density at radius 1 is 0.972 bits per heavy atom. The van der Waals surface area contributed by atoms with Gasteiger partial charge in [0.05, 0.1) is 16.2 Å². The summed E-state index contributed by atoms with van der Waals surface area (Å²) >= 11 is 1.16. The number of anilines is 1. The number of rotatable bonds is 6. The smallest absolute Gasteiger partial charge is 0.262 e. The van der Waals surface area contributed by atoms with Gasteiger partial charge in [0.25, 0.3) is 5.56 Å². The quantitative estimate of drug-likeness (QED) is 0.212. The molecular formula is C28H21N3O4S. The maximum Gasteiger partial charge on any atom is 0.262 e. The number of ketones is 2. The number of carbonyl (C=O) groups is 3. The Balaban J connectivity index is 1.40. The molecule has 0 saturated carbocycles. The van der Waals surface area contributed by atoms with Crippen LogP contribution in [0.4, 0.5) is 5.69 Å². The Hall–Kier alpha value is -4.30. The Bertz CT molecular complexity index is 1640. The van der Waals surface area contributed by atoms with Crippen molar-refractivity contribution in [2.45, 2.75) is 23.9 Å². The molecule has 4 aromatic rings. The number of hydrogen-bond donors (Lipinski definition) is 1. The number of para-hydroxylation sites is 1. The van der Waals surface area contributed by atoms with Crippen molar-refractivity contribution >= 4 is 45.8 Å². The fourth-order valence-corrected chi connectivity index (χ4v) is 5.08. The number of aromatic nitrogens is 2. The Morgan fingerprint density at radius 2 is 1.61 bits per heavy atom. The van der Waals surface area contributed by atoms with E-state index in [1.54, 1.807) is 73.7 Å². The summed E-state index contributed by atoms with van der Waals surface area (Å²) in [6, 6.07) is 18.5. The number of amides is 1. The first-order valence-corrected chi connectivity index (χ1v) is 12.2. The zero-order valence-electron chi connectivity index (χ0n) is 19.4. The summed E-state index contributed by atoms with van der Waals surface area (Å²) in [5.74, 6) is -0.806. The third kappa shape index (κ3) is 4.05. The third-order valence-electron chi connectivity index (χ3n) is 5.98. The van der Waals surface area contributed by atoms with Crippen LogP contribution < -0.4 is 10.9 Å². The molecule has 1 aliphatic carbocycles. The first-order chi connectivity index (χ1) is 17.4. The second kappa shape index (κ2) is 9.39. The second-order valence-electron chi connectivity index (χ2n) is 8.33. The molecule has 1 atom stereocenters. The van der Waals surface area contributed by atoms with Gasteiger partial charge in [-0.1, -0.05) is 54.2 Å². The van der Waals surface area contributed by atoms with Gasteiger partial charge in [0.2, 0.25) is 5.91 Å². The Kier molecular flexibility index (Phi) is 6.12. The van der Waals surface area contributed by atoms with Crippen molar-refractivity contribution in [2.24, 2.45) is 0 Å². The number of benzene rings is 3.